The molecule has 0 aromatic rings. The van der Waals surface area contributed by atoms with E-state index in [0.29, 0.717) is 0 Å². The van der Waals surface area contributed by atoms with E-state index >= 15 is 0 Å². The summed E-state index contributed by atoms with van der Waals surface area (Å²) in [5, 5.41) is 0.877. The summed E-state index contributed by atoms with van der Waals surface area (Å²) in [7, 11) is 0. The topological polar surface area (TPSA) is 0 Å². The number of rotatable bonds is 19. The Morgan fingerprint density at radius 3 is 1.33 bits per heavy atom. The molecule has 3 heteroatoms. The van der Waals surface area contributed by atoms with Crippen LogP contribution in [-0.4, -0.2) is 28.6 Å². The minimum absolute atomic E-state index is 0.796. The zero-order valence-electron chi connectivity index (χ0n) is 17.0. The molecule has 0 bridgehead atoms. The lowest BCUT2D eigenvalue weighted by atomic mass is 10.0. The molecule has 0 aliphatic carbocycles. The summed E-state index contributed by atoms with van der Waals surface area (Å²) in [5.74, 6) is 0. The minimum atomic E-state index is 0.796. The lowest BCUT2D eigenvalue weighted by Gasteiger charge is -2.19. The first-order valence-corrected chi connectivity index (χ1v) is 14.2. The highest BCUT2D eigenvalue weighted by Crippen LogP contribution is 2.30. The van der Waals surface area contributed by atoms with Crippen LogP contribution >= 0.6 is 35.3 Å². The highest BCUT2D eigenvalue weighted by molar-refractivity contribution is 8.16. The predicted molar refractivity (Wildman–Crippen MR) is 123 cm³/mol. The van der Waals surface area contributed by atoms with Gasteiger partial charge in [-0.25, -0.2) is 0 Å². The molecule has 0 aromatic carbocycles. The van der Waals surface area contributed by atoms with Crippen LogP contribution in [0.1, 0.15) is 103 Å². The number of hydrogen-bond acceptors (Lipinski definition) is 3. The molecule has 0 amide bonds. The van der Waals surface area contributed by atoms with Gasteiger partial charge in [-0.05, 0) is 31.6 Å². The van der Waals surface area contributed by atoms with Gasteiger partial charge in [0.25, 0.3) is 0 Å². The third-order valence-corrected chi connectivity index (χ3v) is 8.63. The van der Waals surface area contributed by atoms with Crippen molar-refractivity contribution in [3.05, 3.63) is 0 Å². The SMILES string of the molecule is CCCCCCCCCCCCCCCC(CC(SC)SC)SC. The van der Waals surface area contributed by atoms with Crippen molar-refractivity contribution in [3.8, 4) is 0 Å². The molecule has 1 unspecified atom stereocenters. The maximum absolute atomic E-state index is 2.30. The van der Waals surface area contributed by atoms with E-state index in [-0.39, 0.29) is 0 Å². The van der Waals surface area contributed by atoms with Gasteiger partial charge < -0.3 is 0 Å². The summed E-state index contributed by atoms with van der Waals surface area (Å²) in [5.41, 5.74) is 0. The Hall–Kier alpha value is 1.05. The molecule has 0 aliphatic heterocycles. The summed E-state index contributed by atoms with van der Waals surface area (Å²) in [6, 6.07) is 0. The quantitative estimate of drug-likeness (QED) is 0.159. The zero-order chi connectivity index (χ0) is 17.9. The van der Waals surface area contributed by atoms with E-state index in [0.717, 1.165) is 9.83 Å². The standard InChI is InChI=1S/C21H44S3/c1-5-6-7-8-9-10-11-12-13-14-15-16-17-18-20(22-2)19-21(23-3)24-4/h20-21H,5-19H2,1-4H3. The fourth-order valence-corrected chi connectivity index (χ4v) is 5.88. The van der Waals surface area contributed by atoms with Crippen LogP contribution in [0.3, 0.4) is 0 Å². The van der Waals surface area contributed by atoms with Crippen molar-refractivity contribution in [1.29, 1.82) is 0 Å². The van der Waals surface area contributed by atoms with Crippen LogP contribution < -0.4 is 0 Å². The molecule has 0 radical (unpaired) electrons. The molecule has 24 heavy (non-hydrogen) atoms. The summed E-state index contributed by atoms with van der Waals surface area (Å²) in [6.45, 7) is 2.30. The van der Waals surface area contributed by atoms with E-state index in [1.165, 1.54) is 96.3 Å². The Kier molecular flexibility index (Phi) is 21.3. The Morgan fingerprint density at radius 1 is 0.542 bits per heavy atom. The van der Waals surface area contributed by atoms with Crippen molar-refractivity contribution >= 4 is 35.3 Å². The highest BCUT2D eigenvalue weighted by atomic mass is 32.2. The van der Waals surface area contributed by atoms with Crippen molar-refractivity contribution in [2.24, 2.45) is 0 Å². The minimum Gasteiger partial charge on any atom is -0.162 e. The van der Waals surface area contributed by atoms with Crippen molar-refractivity contribution in [3.63, 3.8) is 0 Å². The lowest BCUT2D eigenvalue weighted by Crippen LogP contribution is -2.09. The van der Waals surface area contributed by atoms with Crippen molar-refractivity contribution < 1.29 is 0 Å². The maximum atomic E-state index is 2.30. The van der Waals surface area contributed by atoms with E-state index in [4.69, 9.17) is 0 Å². The van der Waals surface area contributed by atoms with Gasteiger partial charge in [0.15, 0.2) is 0 Å². The molecule has 0 heterocycles. The molecule has 0 spiro atoms. The molecule has 0 saturated heterocycles. The first kappa shape index (κ1) is 25.1. The van der Waals surface area contributed by atoms with Gasteiger partial charge in [-0.15, -0.1) is 0 Å². The van der Waals surface area contributed by atoms with Crippen LogP contribution in [0, 0.1) is 0 Å². The fraction of sp³-hybridized carbons (Fsp3) is 1.00. The maximum Gasteiger partial charge on any atom is 0.0507 e. The molecule has 0 N–H and O–H groups in total. The van der Waals surface area contributed by atoms with E-state index in [9.17, 15) is 0 Å². The number of hydrogen-bond donors (Lipinski definition) is 0. The van der Waals surface area contributed by atoms with Gasteiger partial charge in [-0.1, -0.05) is 90.4 Å². The Labute approximate surface area is 166 Å². The van der Waals surface area contributed by atoms with Crippen molar-refractivity contribution in [2.75, 3.05) is 18.8 Å². The van der Waals surface area contributed by atoms with E-state index < -0.39 is 0 Å². The molecule has 1 atom stereocenters. The lowest BCUT2D eigenvalue weighted by molar-refractivity contribution is 0.533. The Morgan fingerprint density at radius 2 is 0.958 bits per heavy atom. The Bertz CT molecular complexity index is 229. The molecule has 0 rings (SSSR count). The fourth-order valence-electron chi connectivity index (χ4n) is 3.23. The monoisotopic (exact) mass is 392 g/mol. The average molecular weight is 393 g/mol. The Balaban J connectivity index is 3.31. The first-order valence-electron chi connectivity index (χ1n) is 10.4. The summed E-state index contributed by atoms with van der Waals surface area (Å²) < 4.78 is 0.796. The molecule has 146 valence electrons. The molecule has 0 aromatic heterocycles. The number of thioether (sulfide) groups is 3. The van der Waals surface area contributed by atoms with Crippen molar-refractivity contribution in [2.45, 2.75) is 113 Å². The van der Waals surface area contributed by atoms with Crippen molar-refractivity contribution in [1.82, 2.24) is 0 Å². The van der Waals surface area contributed by atoms with Crippen LogP contribution in [0.25, 0.3) is 0 Å². The largest absolute Gasteiger partial charge is 0.162 e. The van der Waals surface area contributed by atoms with E-state index in [1.54, 1.807) is 0 Å². The zero-order valence-corrected chi connectivity index (χ0v) is 19.4. The van der Waals surface area contributed by atoms with E-state index in [2.05, 4.69) is 37.5 Å². The van der Waals surface area contributed by atoms with Crippen LogP contribution in [0.5, 0.6) is 0 Å². The second-order valence-electron chi connectivity index (χ2n) is 7.03. The highest BCUT2D eigenvalue weighted by Gasteiger charge is 2.13. The molecular formula is C21H44S3. The summed E-state index contributed by atoms with van der Waals surface area (Å²) in [6.07, 6.45) is 28.6. The second-order valence-corrected chi connectivity index (χ2v) is 10.5. The van der Waals surface area contributed by atoms with Gasteiger partial charge in [0.1, 0.15) is 0 Å². The van der Waals surface area contributed by atoms with Crippen LogP contribution in [-0.2, 0) is 0 Å². The molecule has 0 fully saturated rings. The smallest absolute Gasteiger partial charge is 0.0507 e. The van der Waals surface area contributed by atoms with Gasteiger partial charge in [-0.2, -0.15) is 35.3 Å². The molecular weight excluding hydrogens is 348 g/mol. The van der Waals surface area contributed by atoms with Gasteiger partial charge >= 0.3 is 0 Å². The first-order chi connectivity index (χ1) is 11.8. The normalized spacial score (nSPS) is 12.9. The average Bonchev–Trinajstić information content (AvgIpc) is 2.61. The van der Waals surface area contributed by atoms with Gasteiger partial charge in [0.05, 0.1) is 4.58 Å². The summed E-state index contributed by atoms with van der Waals surface area (Å²) in [4.78, 5) is 0. The molecule has 0 saturated carbocycles. The van der Waals surface area contributed by atoms with Gasteiger partial charge in [0, 0.05) is 5.25 Å². The third-order valence-electron chi connectivity index (χ3n) is 4.94. The second kappa shape index (κ2) is 20.4. The molecule has 0 nitrogen and oxygen atoms in total. The van der Waals surface area contributed by atoms with Crippen LogP contribution in [0.2, 0.25) is 0 Å². The van der Waals surface area contributed by atoms with Crippen LogP contribution in [0.4, 0.5) is 0 Å². The number of unbranched alkanes of at least 4 members (excludes halogenated alkanes) is 12. The predicted octanol–water partition coefficient (Wildman–Crippen LogP) is 8.64. The van der Waals surface area contributed by atoms with Crippen LogP contribution in [0.15, 0.2) is 0 Å². The van der Waals surface area contributed by atoms with E-state index in [1.807, 2.05) is 23.5 Å². The van der Waals surface area contributed by atoms with Gasteiger partial charge in [0.2, 0.25) is 0 Å². The molecule has 0 aliphatic rings. The third kappa shape index (κ3) is 16.5. The van der Waals surface area contributed by atoms with Gasteiger partial charge in [-0.3, -0.25) is 0 Å². The summed E-state index contributed by atoms with van der Waals surface area (Å²) >= 11 is 6.14.